The van der Waals surface area contributed by atoms with E-state index in [2.05, 4.69) is 12.2 Å². The first-order valence-electron chi connectivity index (χ1n) is 7.96. The van der Waals surface area contributed by atoms with E-state index in [-0.39, 0.29) is 17.9 Å². The number of aliphatic carboxylic acids is 1. The third-order valence-electron chi connectivity index (χ3n) is 4.11. The van der Waals surface area contributed by atoms with Crippen LogP contribution in [0.15, 0.2) is 36.0 Å². The average Bonchev–Trinajstić information content (AvgIpc) is 2.57. The molecule has 1 amide bonds. The third kappa shape index (κ3) is 4.85. The van der Waals surface area contributed by atoms with Gasteiger partial charge >= 0.3 is 5.97 Å². The Balaban J connectivity index is 1.99. The Morgan fingerprint density at radius 2 is 1.96 bits per heavy atom. The summed E-state index contributed by atoms with van der Waals surface area (Å²) in [5, 5.41) is 20.9. The van der Waals surface area contributed by atoms with E-state index in [9.17, 15) is 14.9 Å². The molecule has 1 heterocycles. The van der Waals surface area contributed by atoms with Gasteiger partial charge in [0.2, 0.25) is 0 Å². The van der Waals surface area contributed by atoms with Crippen LogP contribution in [0.3, 0.4) is 0 Å². The number of rotatable bonds is 5. The van der Waals surface area contributed by atoms with Gasteiger partial charge in [-0.1, -0.05) is 19.1 Å². The Morgan fingerprint density at radius 1 is 1.33 bits per heavy atom. The number of nitriles is 1. The molecule has 1 saturated heterocycles. The van der Waals surface area contributed by atoms with E-state index in [1.165, 1.54) is 6.20 Å². The second-order valence-electron chi connectivity index (χ2n) is 6.06. The van der Waals surface area contributed by atoms with E-state index < -0.39 is 5.97 Å². The minimum atomic E-state index is -0.885. The average molecular weight is 327 g/mol. The lowest BCUT2D eigenvalue weighted by Gasteiger charge is -2.30. The van der Waals surface area contributed by atoms with Crippen molar-refractivity contribution in [1.82, 2.24) is 4.90 Å². The first kappa shape index (κ1) is 17.5. The second-order valence-corrected chi connectivity index (χ2v) is 6.06. The summed E-state index contributed by atoms with van der Waals surface area (Å²) in [7, 11) is 0. The first-order valence-corrected chi connectivity index (χ1v) is 7.96. The molecule has 2 rings (SSSR count). The van der Waals surface area contributed by atoms with E-state index >= 15 is 0 Å². The highest BCUT2D eigenvalue weighted by atomic mass is 16.4. The van der Waals surface area contributed by atoms with Crippen LogP contribution in [-0.4, -0.2) is 35.0 Å². The summed E-state index contributed by atoms with van der Waals surface area (Å²) in [6.07, 6.45) is 3.30. The van der Waals surface area contributed by atoms with Crippen LogP contribution < -0.4 is 5.32 Å². The lowest BCUT2D eigenvalue weighted by Crippen LogP contribution is -2.38. The quantitative estimate of drug-likeness (QED) is 0.640. The van der Waals surface area contributed by atoms with Crippen molar-refractivity contribution >= 4 is 17.6 Å². The Bertz CT molecular complexity index is 666. The van der Waals surface area contributed by atoms with Crippen LogP contribution in [0.4, 0.5) is 5.69 Å². The molecule has 1 aromatic rings. The predicted molar refractivity (Wildman–Crippen MR) is 90.1 cm³/mol. The highest BCUT2D eigenvalue weighted by molar-refractivity contribution is 5.97. The van der Waals surface area contributed by atoms with Crippen molar-refractivity contribution < 1.29 is 14.7 Å². The standard InChI is InChI=1S/C18H21N3O3/c1-13-6-8-21(9-7-13)18(24)15(11-19)12-20-16-4-2-14(3-5-16)10-17(22)23/h2-5,12-13,20H,6-10H2,1H3,(H,22,23)/b15-12-. The van der Waals surface area contributed by atoms with Gasteiger partial charge in [-0.15, -0.1) is 0 Å². The zero-order valence-electron chi connectivity index (χ0n) is 13.7. The van der Waals surface area contributed by atoms with Crippen molar-refractivity contribution in [2.45, 2.75) is 26.2 Å². The van der Waals surface area contributed by atoms with Gasteiger partial charge in [0.15, 0.2) is 0 Å². The minimum absolute atomic E-state index is 0.0363. The fourth-order valence-electron chi connectivity index (χ4n) is 2.57. The van der Waals surface area contributed by atoms with Gasteiger partial charge in [0.1, 0.15) is 11.6 Å². The number of carboxylic acids is 1. The molecule has 0 radical (unpaired) electrons. The van der Waals surface area contributed by atoms with Crippen LogP contribution in [0.1, 0.15) is 25.3 Å². The molecule has 0 aliphatic carbocycles. The Kier molecular flexibility index (Phi) is 5.96. The summed E-state index contributed by atoms with van der Waals surface area (Å²) in [4.78, 5) is 24.7. The normalized spacial score (nSPS) is 15.7. The monoisotopic (exact) mass is 327 g/mol. The summed E-state index contributed by atoms with van der Waals surface area (Å²) < 4.78 is 0. The number of carbonyl (C=O) groups is 2. The lowest BCUT2D eigenvalue weighted by molar-refractivity contribution is -0.136. The SMILES string of the molecule is CC1CCN(C(=O)/C(C#N)=C\Nc2ccc(CC(=O)O)cc2)CC1. The number of hydrogen-bond acceptors (Lipinski definition) is 4. The molecule has 6 heteroatoms. The van der Waals surface area contributed by atoms with Gasteiger partial charge in [0.05, 0.1) is 6.42 Å². The Labute approximate surface area is 141 Å². The molecule has 0 aromatic heterocycles. The molecule has 1 fully saturated rings. The topological polar surface area (TPSA) is 93.4 Å². The fourth-order valence-corrected chi connectivity index (χ4v) is 2.57. The third-order valence-corrected chi connectivity index (χ3v) is 4.11. The molecular weight excluding hydrogens is 306 g/mol. The molecule has 1 aliphatic rings. The lowest BCUT2D eigenvalue weighted by atomic mass is 9.99. The van der Waals surface area contributed by atoms with Gasteiger partial charge in [-0.3, -0.25) is 9.59 Å². The Morgan fingerprint density at radius 3 is 2.50 bits per heavy atom. The van der Waals surface area contributed by atoms with Crippen LogP contribution in [0, 0.1) is 17.2 Å². The van der Waals surface area contributed by atoms with E-state index in [4.69, 9.17) is 5.11 Å². The fraction of sp³-hybridized carbons (Fsp3) is 0.389. The van der Waals surface area contributed by atoms with Crippen molar-refractivity contribution in [2.24, 2.45) is 5.92 Å². The maximum Gasteiger partial charge on any atom is 0.307 e. The van der Waals surface area contributed by atoms with E-state index in [1.54, 1.807) is 29.2 Å². The number of likely N-dealkylation sites (tertiary alicyclic amines) is 1. The molecule has 1 aromatic carbocycles. The van der Waals surface area contributed by atoms with Crippen molar-refractivity contribution in [3.63, 3.8) is 0 Å². The van der Waals surface area contributed by atoms with Crippen LogP contribution in [0.5, 0.6) is 0 Å². The maximum atomic E-state index is 12.4. The molecule has 0 unspecified atom stereocenters. The molecule has 2 N–H and O–H groups in total. The van der Waals surface area contributed by atoms with Gasteiger partial charge in [-0.05, 0) is 36.5 Å². The van der Waals surface area contributed by atoms with Crippen LogP contribution >= 0.6 is 0 Å². The van der Waals surface area contributed by atoms with Crippen LogP contribution in [0.25, 0.3) is 0 Å². The number of hydrogen-bond donors (Lipinski definition) is 2. The Hall–Kier alpha value is -2.81. The van der Waals surface area contributed by atoms with E-state index in [0.717, 1.165) is 12.8 Å². The summed E-state index contributed by atoms with van der Waals surface area (Å²) in [5.74, 6) is -0.519. The predicted octanol–water partition coefficient (Wildman–Crippen LogP) is 2.39. The minimum Gasteiger partial charge on any atom is -0.481 e. The molecule has 0 atom stereocenters. The molecule has 6 nitrogen and oxygen atoms in total. The highest BCUT2D eigenvalue weighted by Gasteiger charge is 2.22. The number of nitrogens with one attached hydrogen (secondary N) is 1. The molecule has 0 bridgehead atoms. The zero-order valence-corrected chi connectivity index (χ0v) is 13.7. The number of piperidine rings is 1. The number of amides is 1. The van der Waals surface area contributed by atoms with E-state index in [1.807, 2.05) is 6.07 Å². The summed E-state index contributed by atoms with van der Waals surface area (Å²) in [5.41, 5.74) is 1.45. The molecule has 0 spiro atoms. The maximum absolute atomic E-state index is 12.4. The van der Waals surface area contributed by atoms with Crippen LogP contribution in [0.2, 0.25) is 0 Å². The smallest absolute Gasteiger partial charge is 0.307 e. The molecule has 1 aliphatic heterocycles. The first-order chi connectivity index (χ1) is 11.5. The van der Waals surface area contributed by atoms with Gasteiger partial charge in [0, 0.05) is 25.0 Å². The van der Waals surface area contributed by atoms with Gasteiger partial charge in [0.25, 0.3) is 5.91 Å². The van der Waals surface area contributed by atoms with Crippen molar-refractivity contribution in [1.29, 1.82) is 5.26 Å². The van der Waals surface area contributed by atoms with Crippen molar-refractivity contribution in [3.8, 4) is 6.07 Å². The summed E-state index contributed by atoms with van der Waals surface area (Å²) in [6, 6.07) is 8.78. The highest BCUT2D eigenvalue weighted by Crippen LogP contribution is 2.18. The summed E-state index contributed by atoms with van der Waals surface area (Å²) in [6.45, 7) is 3.53. The van der Waals surface area contributed by atoms with E-state index in [0.29, 0.717) is 30.3 Å². The zero-order chi connectivity index (χ0) is 17.5. The molecule has 126 valence electrons. The number of carbonyl (C=O) groups excluding carboxylic acids is 1. The van der Waals surface area contributed by atoms with Gasteiger partial charge in [-0.2, -0.15) is 5.26 Å². The largest absolute Gasteiger partial charge is 0.481 e. The van der Waals surface area contributed by atoms with Crippen molar-refractivity contribution in [2.75, 3.05) is 18.4 Å². The van der Waals surface area contributed by atoms with Gasteiger partial charge in [-0.25, -0.2) is 0 Å². The molecule has 0 saturated carbocycles. The van der Waals surface area contributed by atoms with Crippen LogP contribution in [-0.2, 0) is 16.0 Å². The molecule has 24 heavy (non-hydrogen) atoms. The summed E-state index contributed by atoms with van der Waals surface area (Å²) >= 11 is 0. The second kappa shape index (κ2) is 8.16. The molecular formula is C18H21N3O3. The van der Waals surface area contributed by atoms with Crippen molar-refractivity contribution in [3.05, 3.63) is 41.6 Å². The number of benzene rings is 1. The number of anilines is 1. The van der Waals surface area contributed by atoms with Gasteiger partial charge < -0.3 is 15.3 Å². The number of nitrogens with zero attached hydrogens (tertiary/aromatic N) is 2. The number of carboxylic acid groups (broad SMARTS) is 1.